The molecule has 148 valence electrons. The zero-order valence-corrected chi connectivity index (χ0v) is 16.9. The van der Waals surface area contributed by atoms with Crippen LogP contribution in [0.3, 0.4) is 0 Å². The molecule has 0 unspecified atom stereocenters. The number of aliphatic hydroxyl groups is 1. The molecule has 3 atom stereocenters. The van der Waals surface area contributed by atoms with Crippen molar-refractivity contribution >= 4 is 10.8 Å². The second-order valence-electron chi connectivity index (χ2n) is 7.03. The summed E-state index contributed by atoms with van der Waals surface area (Å²) in [5.74, 6) is 2.48. The van der Waals surface area contributed by atoms with Gasteiger partial charge < -0.3 is 24.1 Å². The van der Waals surface area contributed by atoms with Crippen LogP contribution in [0.25, 0.3) is 10.8 Å². The monoisotopic (exact) mass is 374 g/mol. The van der Waals surface area contributed by atoms with Crippen LogP contribution in [0.1, 0.15) is 56.3 Å². The summed E-state index contributed by atoms with van der Waals surface area (Å²) in [4.78, 5) is 0. The molecule has 0 radical (unpaired) electrons. The highest BCUT2D eigenvalue weighted by atomic mass is 16.5. The van der Waals surface area contributed by atoms with Crippen LogP contribution < -0.4 is 14.2 Å². The van der Waals surface area contributed by atoms with E-state index in [4.69, 9.17) is 18.9 Å². The maximum Gasteiger partial charge on any atom is 0.136 e. The molecule has 0 amide bonds. The van der Waals surface area contributed by atoms with Crippen molar-refractivity contribution < 1.29 is 24.1 Å². The summed E-state index contributed by atoms with van der Waals surface area (Å²) in [6.07, 6.45) is 2.31. The second-order valence-corrected chi connectivity index (χ2v) is 7.03. The first-order chi connectivity index (χ1) is 13.1. The van der Waals surface area contributed by atoms with Crippen LogP contribution in [0.4, 0.5) is 0 Å². The van der Waals surface area contributed by atoms with Crippen LogP contribution in [-0.4, -0.2) is 39.1 Å². The minimum atomic E-state index is -0.101. The number of fused-ring (bicyclic) bond motifs is 2. The van der Waals surface area contributed by atoms with Gasteiger partial charge in [-0.25, -0.2) is 0 Å². The molecule has 5 heteroatoms. The Morgan fingerprint density at radius 1 is 1.00 bits per heavy atom. The maximum atomic E-state index is 9.52. The zero-order valence-electron chi connectivity index (χ0n) is 16.9. The van der Waals surface area contributed by atoms with Gasteiger partial charge >= 0.3 is 0 Å². The molecular weight excluding hydrogens is 344 g/mol. The van der Waals surface area contributed by atoms with Crippen molar-refractivity contribution in [1.82, 2.24) is 0 Å². The van der Waals surface area contributed by atoms with E-state index in [9.17, 15) is 5.11 Å². The van der Waals surface area contributed by atoms with E-state index in [0.29, 0.717) is 6.42 Å². The van der Waals surface area contributed by atoms with Crippen molar-refractivity contribution in [1.29, 1.82) is 0 Å². The Labute approximate surface area is 161 Å². The van der Waals surface area contributed by atoms with Gasteiger partial charge in [0.1, 0.15) is 17.2 Å². The first-order valence-corrected chi connectivity index (χ1v) is 9.63. The lowest BCUT2D eigenvalue weighted by molar-refractivity contribution is -0.0543. The van der Waals surface area contributed by atoms with E-state index in [-0.39, 0.29) is 24.7 Å². The largest absolute Gasteiger partial charge is 0.496 e. The third kappa shape index (κ3) is 3.23. The van der Waals surface area contributed by atoms with Crippen molar-refractivity contribution in [3.8, 4) is 17.2 Å². The molecule has 0 bridgehead atoms. The van der Waals surface area contributed by atoms with Crippen LogP contribution in [0, 0.1) is 0 Å². The molecule has 27 heavy (non-hydrogen) atoms. The highest BCUT2D eigenvalue weighted by Gasteiger charge is 2.39. The topological polar surface area (TPSA) is 57.2 Å². The Morgan fingerprint density at radius 2 is 1.74 bits per heavy atom. The Kier molecular flexibility index (Phi) is 6.12. The van der Waals surface area contributed by atoms with Crippen molar-refractivity contribution in [2.75, 3.05) is 27.9 Å². The van der Waals surface area contributed by atoms with E-state index in [1.165, 1.54) is 0 Å². The van der Waals surface area contributed by atoms with Gasteiger partial charge in [0, 0.05) is 29.0 Å². The number of methoxy groups -OCH3 is 3. The smallest absolute Gasteiger partial charge is 0.136 e. The average molecular weight is 374 g/mol. The van der Waals surface area contributed by atoms with Crippen LogP contribution in [-0.2, 0) is 4.74 Å². The second kappa shape index (κ2) is 8.36. The molecule has 2 aromatic carbocycles. The average Bonchev–Trinajstić information content (AvgIpc) is 2.69. The lowest BCUT2D eigenvalue weighted by Gasteiger charge is -2.39. The molecule has 3 rings (SSSR count). The first-order valence-electron chi connectivity index (χ1n) is 9.63. The zero-order chi connectivity index (χ0) is 19.6. The van der Waals surface area contributed by atoms with E-state index in [1.807, 2.05) is 18.2 Å². The van der Waals surface area contributed by atoms with E-state index in [1.54, 1.807) is 21.3 Å². The molecule has 0 saturated heterocycles. The molecule has 1 aliphatic heterocycles. The SMILES string of the molecule is CCC[C@@H]1O[C@H](CCO)[C@H](C)c2c1c(OC)c1c(OC)cccc1c2OC. The van der Waals surface area contributed by atoms with Gasteiger partial charge in [-0.3, -0.25) is 0 Å². The summed E-state index contributed by atoms with van der Waals surface area (Å²) in [5.41, 5.74) is 2.17. The highest BCUT2D eigenvalue weighted by molar-refractivity contribution is 6.00. The fraction of sp³-hybridized carbons (Fsp3) is 0.545. The summed E-state index contributed by atoms with van der Waals surface area (Å²) >= 11 is 0. The Morgan fingerprint density at radius 3 is 2.33 bits per heavy atom. The summed E-state index contributed by atoms with van der Waals surface area (Å²) in [7, 11) is 5.07. The van der Waals surface area contributed by atoms with Crippen molar-refractivity contribution in [2.24, 2.45) is 0 Å². The van der Waals surface area contributed by atoms with Gasteiger partial charge in [0.15, 0.2) is 0 Å². The summed E-state index contributed by atoms with van der Waals surface area (Å²) < 4.78 is 23.9. The van der Waals surface area contributed by atoms with Gasteiger partial charge in [-0.2, -0.15) is 0 Å². The third-order valence-corrected chi connectivity index (χ3v) is 5.54. The minimum absolute atomic E-state index is 0.0549. The van der Waals surface area contributed by atoms with Gasteiger partial charge in [-0.1, -0.05) is 32.4 Å². The minimum Gasteiger partial charge on any atom is -0.496 e. The third-order valence-electron chi connectivity index (χ3n) is 5.54. The molecule has 5 nitrogen and oxygen atoms in total. The molecule has 1 aliphatic rings. The van der Waals surface area contributed by atoms with Gasteiger partial charge in [0.2, 0.25) is 0 Å². The predicted molar refractivity (Wildman–Crippen MR) is 106 cm³/mol. The lowest BCUT2D eigenvalue weighted by atomic mass is 9.80. The number of rotatable bonds is 7. The van der Waals surface area contributed by atoms with Crippen LogP contribution >= 0.6 is 0 Å². The lowest BCUT2D eigenvalue weighted by Crippen LogP contribution is -2.31. The number of hydrogen-bond acceptors (Lipinski definition) is 5. The summed E-state index contributed by atoms with van der Waals surface area (Å²) in [6.45, 7) is 4.38. The van der Waals surface area contributed by atoms with Gasteiger partial charge in [0.25, 0.3) is 0 Å². The van der Waals surface area contributed by atoms with E-state index in [0.717, 1.165) is 52.0 Å². The standard InChI is InChI=1S/C22H30O5/c1-6-8-17-20-18(13(2)15(27-17)11-12-23)21(25-4)14-9-7-10-16(24-3)19(14)22(20)26-5/h7,9-10,13,15,17,23H,6,8,11-12H2,1-5H3/t13-,15+,17-/m0/s1. The molecule has 0 fully saturated rings. The summed E-state index contributed by atoms with van der Waals surface area (Å²) in [5, 5.41) is 11.4. The molecular formula is C22H30O5. The normalized spacial score (nSPS) is 21.8. The number of aliphatic hydroxyl groups excluding tert-OH is 1. The molecule has 0 saturated carbocycles. The van der Waals surface area contributed by atoms with Crippen LogP contribution in [0.5, 0.6) is 17.2 Å². The fourth-order valence-corrected chi connectivity index (χ4v) is 4.36. The fourth-order valence-electron chi connectivity index (χ4n) is 4.36. The molecule has 1 heterocycles. The van der Waals surface area contributed by atoms with E-state index in [2.05, 4.69) is 13.8 Å². The Bertz CT molecular complexity index is 801. The molecule has 2 aromatic rings. The van der Waals surface area contributed by atoms with E-state index < -0.39 is 0 Å². The van der Waals surface area contributed by atoms with Crippen LogP contribution in [0.2, 0.25) is 0 Å². The Hall–Kier alpha value is -1.98. The number of ether oxygens (including phenoxy) is 4. The molecule has 0 spiro atoms. The summed E-state index contributed by atoms with van der Waals surface area (Å²) in [6, 6.07) is 5.94. The quantitative estimate of drug-likeness (QED) is 0.768. The van der Waals surface area contributed by atoms with Gasteiger partial charge in [-0.15, -0.1) is 0 Å². The molecule has 0 aromatic heterocycles. The van der Waals surface area contributed by atoms with Crippen molar-refractivity contribution in [3.05, 3.63) is 29.3 Å². The van der Waals surface area contributed by atoms with Gasteiger partial charge in [0.05, 0.1) is 38.9 Å². The Balaban J connectivity index is 2.40. The van der Waals surface area contributed by atoms with Crippen LogP contribution in [0.15, 0.2) is 18.2 Å². The number of benzene rings is 2. The van der Waals surface area contributed by atoms with Crippen molar-refractivity contribution in [3.63, 3.8) is 0 Å². The van der Waals surface area contributed by atoms with E-state index >= 15 is 0 Å². The predicted octanol–water partition coefficient (Wildman–Crippen LogP) is 4.59. The molecule has 0 aliphatic carbocycles. The highest BCUT2D eigenvalue weighted by Crippen LogP contribution is 2.54. The number of hydrogen-bond donors (Lipinski definition) is 1. The maximum absolute atomic E-state index is 9.52. The van der Waals surface area contributed by atoms with Gasteiger partial charge in [-0.05, 0) is 18.9 Å². The van der Waals surface area contributed by atoms with Crippen molar-refractivity contribution in [2.45, 2.75) is 51.2 Å². The molecule has 1 N–H and O–H groups in total. The first kappa shape index (κ1) is 19.8.